The molecular weight excluding hydrogens is 436 g/mol. The first-order valence-corrected chi connectivity index (χ1v) is 11.4. The number of morpholine rings is 1. The molecule has 0 unspecified atom stereocenters. The number of hydrogen-bond acceptors (Lipinski definition) is 7. The second kappa shape index (κ2) is 9.11. The lowest BCUT2D eigenvalue weighted by Crippen LogP contribution is -2.40. The number of ether oxygens (including phenoxy) is 3. The van der Waals surface area contributed by atoms with E-state index in [1.807, 2.05) is 0 Å². The third-order valence-electron chi connectivity index (χ3n) is 5.06. The van der Waals surface area contributed by atoms with E-state index in [9.17, 15) is 18.0 Å². The van der Waals surface area contributed by atoms with E-state index in [1.54, 1.807) is 24.3 Å². The molecular formula is C22H22N2O7S. The number of hydrogen-bond donors (Lipinski definition) is 1. The van der Waals surface area contributed by atoms with E-state index in [0.717, 1.165) is 0 Å². The van der Waals surface area contributed by atoms with Crippen molar-refractivity contribution in [2.24, 2.45) is 0 Å². The van der Waals surface area contributed by atoms with Gasteiger partial charge in [0.05, 0.1) is 23.8 Å². The van der Waals surface area contributed by atoms with Crippen LogP contribution in [0.5, 0.6) is 11.5 Å². The maximum Gasteiger partial charge on any atom is 0.248 e. The van der Waals surface area contributed by atoms with Gasteiger partial charge in [-0.25, -0.2) is 8.42 Å². The molecule has 0 bridgehead atoms. The highest BCUT2D eigenvalue weighted by Crippen LogP contribution is 2.37. The molecule has 10 heteroatoms. The Morgan fingerprint density at radius 1 is 1.03 bits per heavy atom. The smallest absolute Gasteiger partial charge is 0.248 e. The molecule has 0 spiro atoms. The normalized spacial score (nSPS) is 16.3. The predicted molar refractivity (Wildman–Crippen MR) is 116 cm³/mol. The summed E-state index contributed by atoms with van der Waals surface area (Å²) < 4.78 is 42.5. The molecule has 1 N–H and O–H groups in total. The molecule has 1 fully saturated rings. The molecule has 1 saturated heterocycles. The molecule has 2 aliphatic heterocycles. The number of fused-ring (bicyclic) bond motifs is 1. The average molecular weight is 458 g/mol. The number of sulfonamides is 1. The topological polar surface area (TPSA) is 111 Å². The monoisotopic (exact) mass is 458 g/mol. The summed E-state index contributed by atoms with van der Waals surface area (Å²) in [7, 11) is -3.57. The molecule has 4 rings (SSSR count). The van der Waals surface area contributed by atoms with E-state index in [2.05, 4.69) is 5.32 Å². The quantitative estimate of drug-likeness (QED) is 0.522. The summed E-state index contributed by atoms with van der Waals surface area (Å²) in [4.78, 5) is 24.5. The zero-order valence-electron chi connectivity index (χ0n) is 17.4. The lowest BCUT2D eigenvalue weighted by Gasteiger charge is -2.26. The molecule has 0 aliphatic carbocycles. The van der Waals surface area contributed by atoms with E-state index in [-0.39, 0.29) is 17.5 Å². The van der Waals surface area contributed by atoms with E-state index in [0.29, 0.717) is 54.6 Å². The molecule has 9 nitrogen and oxygen atoms in total. The predicted octanol–water partition coefficient (Wildman–Crippen LogP) is 2.29. The fourth-order valence-corrected chi connectivity index (χ4v) is 4.78. The summed E-state index contributed by atoms with van der Waals surface area (Å²) in [6.45, 7) is 2.86. The summed E-state index contributed by atoms with van der Waals surface area (Å²) in [5.41, 5.74) is 1.29. The molecule has 1 amide bonds. The van der Waals surface area contributed by atoms with Crippen LogP contribution in [0, 0.1) is 0 Å². The fourth-order valence-electron chi connectivity index (χ4n) is 3.37. The van der Waals surface area contributed by atoms with E-state index >= 15 is 0 Å². The Bertz CT molecular complexity index is 1170. The molecule has 2 aromatic carbocycles. The number of carbonyl (C=O) groups is 2. The second-order valence-electron chi connectivity index (χ2n) is 7.22. The van der Waals surface area contributed by atoms with Gasteiger partial charge in [0.1, 0.15) is 0 Å². The summed E-state index contributed by atoms with van der Waals surface area (Å²) in [5.74, 6) is 0.234. The van der Waals surface area contributed by atoms with Crippen LogP contribution in [0.15, 0.2) is 47.4 Å². The third-order valence-corrected chi connectivity index (χ3v) is 6.98. The highest BCUT2D eigenvalue weighted by molar-refractivity contribution is 7.89. The maximum absolute atomic E-state index is 12.7. The highest BCUT2D eigenvalue weighted by Gasteiger charge is 2.26. The molecule has 32 heavy (non-hydrogen) atoms. The molecule has 0 radical (unpaired) electrons. The Labute approximate surface area is 185 Å². The van der Waals surface area contributed by atoms with Crippen LogP contribution in [-0.2, 0) is 19.6 Å². The average Bonchev–Trinajstić information content (AvgIpc) is 3.25. The van der Waals surface area contributed by atoms with Crippen molar-refractivity contribution in [1.82, 2.24) is 4.31 Å². The zero-order chi connectivity index (χ0) is 22.7. The molecule has 0 atom stereocenters. The summed E-state index contributed by atoms with van der Waals surface area (Å²) >= 11 is 0. The summed E-state index contributed by atoms with van der Waals surface area (Å²) in [5, 5.41) is 2.67. The Balaban J connectivity index is 1.45. The van der Waals surface area contributed by atoms with Crippen LogP contribution in [0.3, 0.4) is 0 Å². The van der Waals surface area contributed by atoms with Gasteiger partial charge in [-0.15, -0.1) is 0 Å². The van der Waals surface area contributed by atoms with Crippen LogP contribution in [0.1, 0.15) is 22.8 Å². The highest BCUT2D eigenvalue weighted by atomic mass is 32.2. The Morgan fingerprint density at radius 2 is 1.69 bits per heavy atom. The largest absolute Gasteiger partial charge is 0.454 e. The van der Waals surface area contributed by atoms with Gasteiger partial charge in [-0.1, -0.05) is 12.1 Å². The van der Waals surface area contributed by atoms with Gasteiger partial charge in [0.2, 0.25) is 22.7 Å². The van der Waals surface area contributed by atoms with Crippen LogP contribution >= 0.6 is 0 Å². The number of rotatable bonds is 6. The molecule has 0 saturated carbocycles. The summed E-state index contributed by atoms with van der Waals surface area (Å²) in [6, 6.07) is 9.35. The Hall–Kier alpha value is -3.21. The lowest BCUT2D eigenvalue weighted by molar-refractivity contribution is -0.111. The van der Waals surface area contributed by atoms with Crippen molar-refractivity contribution in [2.45, 2.75) is 11.8 Å². The van der Waals surface area contributed by atoms with E-state index < -0.39 is 15.9 Å². The number of anilines is 1. The van der Waals surface area contributed by atoms with Crippen LogP contribution in [0.4, 0.5) is 5.69 Å². The number of Topliss-reactive ketones (excluding diaryl/α,β-unsaturated/α-hetero) is 1. The number of carbonyl (C=O) groups excluding carboxylic acids is 2. The SMILES string of the molecule is CC(=O)c1cc2c(cc1NC(=O)/C=C/c1ccc(S(=O)(=O)N3CCOCC3)cc1)OCO2. The van der Waals surface area contributed by atoms with Gasteiger partial charge in [0, 0.05) is 30.8 Å². The van der Waals surface area contributed by atoms with Crippen LogP contribution < -0.4 is 14.8 Å². The van der Waals surface area contributed by atoms with Crippen LogP contribution in [-0.4, -0.2) is 57.5 Å². The number of amides is 1. The first-order chi connectivity index (χ1) is 15.3. The van der Waals surface area contributed by atoms with Crippen molar-refractivity contribution in [1.29, 1.82) is 0 Å². The van der Waals surface area contributed by atoms with Gasteiger partial charge < -0.3 is 19.5 Å². The number of ketones is 1. The molecule has 0 aromatic heterocycles. The van der Waals surface area contributed by atoms with Crippen LogP contribution in [0.25, 0.3) is 6.08 Å². The van der Waals surface area contributed by atoms with Crippen molar-refractivity contribution in [2.75, 3.05) is 38.4 Å². The van der Waals surface area contributed by atoms with Gasteiger partial charge in [0.25, 0.3) is 0 Å². The van der Waals surface area contributed by atoms with E-state index in [4.69, 9.17) is 14.2 Å². The zero-order valence-corrected chi connectivity index (χ0v) is 18.2. The van der Waals surface area contributed by atoms with Gasteiger partial charge >= 0.3 is 0 Å². The Morgan fingerprint density at radius 3 is 2.34 bits per heavy atom. The van der Waals surface area contributed by atoms with Crippen molar-refractivity contribution in [3.8, 4) is 11.5 Å². The van der Waals surface area contributed by atoms with Crippen molar-refractivity contribution in [3.05, 3.63) is 53.6 Å². The molecule has 2 aromatic rings. The number of nitrogens with one attached hydrogen (secondary N) is 1. The van der Waals surface area contributed by atoms with Gasteiger partial charge in [-0.3, -0.25) is 9.59 Å². The standard InChI is InChI=1S/C22H22N2O7S/c1-15(25)18-12-20-21(31-14-30-20)13-19(18)23-22(26)7-4-16-2-5-17(6-3-16)32(27,28)24-8-10-29-11-9-24/h2-7,12-13H,8-11,14H2,1H3,(H,23,26)/b7-4+. The second-order valence-corrected chi connectivity index (χ2v) is 9.15. The minimum absolute atomic E-state index is 0.0568. The van der Waals surface area contributed by atoms with Gasteiger partial charge in [0.15, 0.2) is 17.3 Å². The summed E-state index contributed by atoms with van der Waals surface area (Å²) in [6.07, 6.45) is 2.86. The maximum atomic E-state index is 12.7. The molecule has 2 heterocycles. The minimum atomic E-state index is -3.57. The van der Waals surface area contributed by atoms with E-state index in [1.165, 1.54) is 35.5 Å². The lowest BCUT2D eigenvalue weighted by atomic mass is 10.1. The van der Waals surface area contributed by atoms with Gasteiger partial charge in [-0.2, -0.15) is 4.31 Å². The van der Waals surface area contributed by atoms with Gasteiger partial charge in [-0.05, 0) is 36.8 Å². The molecule has 2 aliphatic rings. The van der Waals surface area contributed by atoms with Crippen molar-refractivity contribution < 1.29 is 32.2 Å². The molecule has 168 valence electrons. The number of benzene rings is 2. The Kier molecular flexibility index (Phi) is 6.26. The fraction of sp³-hybridized carbons (Fsp3) is 0.273. The first kappa shape index (κ1) is 22.0. The third kappa shape index (κ3) is 4.67. The van der Waals surface area contributed by atoms with Crippen LogP contribution in [0.2, 0.25) is 0 Å². The van der Waals surface area contributed by atoms with Crippen molar-refractivity contribution >= 4 is 33.5 Å². The number of nitrogens with zero attached hydrogens (tertiary/aromatic N) is 1. The minimum Gasteiger partial charge on any atom is -0.454 e. The first-order valence-electron chi connectivity index (χ1n) is 9.96. The van der Waals surface area contributed by atoms with Crippen molar-refractivity contribution in [3.63, 3.8) is 0 Å².